The molecule has 11 heteroatoms. The monoisotopic (exact) mass is 582 g/mol. The predicted octanol–water partition coefficient (Wildman–Crippen LogP) is 6.38. The average Bonchev–Trinajstić information content (AvgIpc) is 3.54. The summed E-state index contributed by atoms with van der Waals surface area (Å²) < 4.78 is 19.1. The van der Waals surface area contributed by atoms with Crippen LogP contribution in [0, 0.1) is 0 Å². The van der Waals surface area contributed by atoms with Crippen molar-refractivity contribution in [2.24, 2.45) is 5.10 Å². The van der Waals surface area contributed by atoms with E-state index in [1.165, 1.54) is 27.7 Å². The SMILES string of the molecule is COc1cc(/C=N/N(C(=O)c2ccc3ncsc3c2)c2nc3ccc(Br)cc3s2)cc(OC)c1OC. The van der Waals surface area contributed by atoms with Gasteiger partial charge < -0.3 is 14.2 Å². The Hall–Kier alpha value is -3.54. The van der Waals surface area contributed by atoms with Crippen molar-refractivity contribution in [2.45, 2.75) is 0 Å². The molecule has 0 N–H and O–H groups in total. The Bertz CT molecular complexity index is 1590. The van der Waals surface area contributed by atoms with E-state index < -0.39 is 0 Å². The molecule has 0 aliphatic heterocycles. The van der Waals surface area contributed by atoms with Gasteiger partial charge in [-0.3, -0.25) is 4.79 Å². The Kier molecular flexibility index (Phi) is 6.86. The van der Waals surface area contributed by atoms with Crippen molar-refractivity contribution in [1.29, 1.82) is 0 Å². The normalized spacial score (nSPS) is 11.3. The number of hydrogen-bond donors (Lipinski definition) is 0. The first-order chi connectivity index (χ1) is 17.5. The van der Waals surface area contributed by atoms with E-state index in [1.807, 2.05) is 30.3 Å². The Morgan fingerprint density at radius 1 is 0.972 bits per heavy atom. The first-order valence-corrected chi connectivity index (χ1v) is 13.1. The van der Waals surface area contributed by atoms with Gasteiger partial charge in [-0.25, -0.2) is 9.97 Å². The van der Waals surface area contributed by atoms with Gasteiger partial charge in [-0.15, -0.1) is 11.3 Å². The van der Waals surface area contributed by atoms with Crippen LogP contribution in [-0.2, 0) is 0 Å². The van der Waals surface area contributed by atoms with Gasteiger partial charge in [0.05, 0.1) is 53.5 Å². The number of benzene rings is 3. The van der Waals surface area contributed by atoms with Crippen LogP contribution in [0.25, 0.3) is 20.4 Å². The van der Waals surface area contributed by atoms with E-state index in [9.17, 15) is 4.79 Å². The van der Waals surface area contributed by atoms with Crippen LogP contribution in [0.3, 0.4) is 0 Å². The van der Waals surface area contributed by atoms with Crippen LogP contribution in [0.5, 0.6) is 17.2 Å². The molecule has 2 heterocycles. The molecule has 0 aliphatic carbocycles. The highest BCUT2D eigenvalue weighted by molar-refractivity contribution is 9.10. The number of nitrogens with zero attached hydrogens (tertiary/aromatic N) is 4. The molecule has 8 nitrogen and oxygen atoms in total. The van der Waals surface area contributed by atoms with E-state index >= 15 is 0 Å². The summed E-state index contributed by atoms with van der Waals surface area (Å²) in [6.45, 7) is 0. The Balaban J connectivity index is 1.59. The summed E-state index contributed by atoms with van der Waals surface area (Å²) in [5.41, 5.74) is 4.51. The molecule has 0 aliphatic rings. The summed E-state index contributed by atoms with van der Waals surface area (Å²) in [7, 11) is 4.63. The van der Waals surface area contributed by atoms with E-state index in [0.717, 1.165) is 24.9 Å². The fourth-order valence-electron chi connectivity index (χ4n) is 3.58. The van der Waals surface area contributed by atoms with Crippen LogP contribution in [0.2, 0.25) is 0 Å². The summed E-state index contributed by atoms with van der Waals surface area (Å²) >= 11 is 6.34. The molecule has 0 unspecified atom stereocenters. The van der Waals surface area contributed by atoms with Gasteiger partial charge in [0, 0.05) is 15.6 Å². The lowest BCUT2D eigenvalue weighted by atomic mass is 10.2. The molecule has 0 saturated carbocycles. The second kappa shape index (κ2) is 10.2. The molecule has 0 spiro atoms. The number of methoxy groups -OCH3 is 3. The number of aromatic nitrogens is 2. The molecule has 0 atom stereocenters. The van der Waals surface area contributed by atoms with E-state index in [1.54, 1.807) is 51.3 Å². The van der Waals surface area contributed by atoms with Crippen LogP contribution < -0.4 is 19.2 Å². The minimum Gasteiger partial charge on any atom is -0.493 e. The fraction of sp³-hybridized carbons (Fsp3) is 0.120. The first kappa shape index (κ1) is 24.2. The lowest BCUT2D eigenvalue weighted by Crippen LogP contribution is -2.25. The van der Waals surface area contributed by atoms with Gasteiger partial charge in [-0.1, -0.05) is 27.3 Å². The first-order valence-electron chi connectivity index (χ1n) is 10.6. The maximum Gasteiger partial charge on any atom is 0.280 e. The second-order valence-corrected chi connectivity index (χ2v) is 10.3. The number of thiazole rings is 2. The lowest BCUT2D eigenvalue weighted by molar-refractivity contribution is 0.0988. The summed E-state index contributed by atoms with van der Waals surface area (Å²) in [5, 5.41) is 6.32. The largest absolute Gasteiger partial charge is 0.493 e. The number of carbonyl (C=O) groups is 1. The number of ether oxygens (including phenoxy) is 3. The van der Waals surface area contributed by atoms with Crippen molar-refractivity contribution in [3.8, 4) is 17.2 Å². The van der Waals surface area contributed by atoms with Crippen molar-refractivity contribution in [3.05, 3.63) is 69.6 Å². The minimum atomic E-state index is -0.313. The number of rotatable bonds is 7. The van der Waals surface area contributed by atoms with Gasteiger partial charge in [0.25, 0.3) is 5.91 Å². The molecule has 3 aromatic carbocycles. The lowest BCUT2D eigenvalue weighted by Gasteiger charge is -2.15. The highest BCUT2D eigenvalue weighted by atomic mass is 79.9. The number of hydrazone groups is 1. The summed E-state index contributed by atoms with van der Waals surface area (Å²) in [6, 6.07) is 14.7. The quantitative estimate of drug-likeness (QED) is 0.163. The zero-order valence-electron chi connectivity index (χ0n) is 19.4. The predicted molar refractivity (Wildman–Crippen MR) is 147 cm³/mol. The van der Waals surface area contributed by atoms with Gasteiger partial charge in [0.15, 0.2) is 11.5 Å². The Morgan fingerprint density at radius 3 is 2.44 bits per heavy atom. The van der Waals surface area contributed by atoms with E-state index in [-0.39, 0.29) is 5.91 Å². The smallest absolute Gasteiger partial charge is 0.280 e. The number of fused-ring (bicyclic) bond motifs is 2. The third-order valence-corrected chi connectivity index (χ3v) is 7.58. The maximum absolute atomic E-state index is 13.7. The third-order valence-electron chi connectivity index (χ3n) is 5.30. The van der Waals surface area contributed by atoms with Crippen molar-refractivity contribution < 1.29 is 19.0 Å². The number of halogens is 1. The van der Waals surface area contributed by atoms with E-state index in [2.05, 4.69) is 31.0 Å². The molecule has 0 fully saturated rings. The molecule has 0 bridgehead atoms. The van der Waals surface area contributed by atoms with Crippen LogP contribution >= 0.6 is 38.6 Å². The topological polar surface area (TPSA) is 86.1 Å². The van der Waals surface area contributed by atoms with Gasteiger partial charge in [-0.05, 0) is 48.5 Å². The molecule has 1 amide bonds. The number of hydrogen-bond acceptors (Lipinski definition) is 9. The number of carbonyl (C=O) groups excluding carboxylic acids is 1. The molecule has 0 saturated heterocycles. The summed E-state index contributed by atoms with van der Waals surface area (Å²) in [6.07, 6.45) is 1.57. The van der Waals surface area contributed by atoms with Crippen LogP contribution in [0.4, 0.5) is 5.13 Å². The highest BCUT2D eigenvalue weighted by Gasteiger charge is 2.22. The summed E-state index contributed by atoms with van der Waals surface area (Å²) in [4.78, 5) is 22.7. The highest BCUT2D eigenvalue weighted by Crippen LogP contribution is 2.38. The molecule has 5 aromatic rings. The molecule has 36 heavy (non-hydrogen) atoms. The van der Waals surface area contributed by atoms with Gasteiger partial charge in [0.2, 0.25) is 10.9 Å². The maximum atomic E-state index is 13.7. The van der Waals surface area contributed by atoms with Crippen LogP contribution in [-0.4, -0.2) is 43.4 Å². The van der Waals surface area contributed by atoms with Crippen molar-refractivity contribution in [2.75, 3.05) is 26.3 Å². The zero-order chi connectivity index (χ0) is 25.2. The molecule has 5 rings (SSSR count). The Labute approximate surface area is 222 Å². The second-order valence-electron chi connectivity index (χ2n) is 7.46. The van der Waals surface area contributed by atoms with Crippen molar-refractivity contribution >= 4 is 76.3 Å². The van der Waals surface area contributed by atoms with Gasteiger partial charge in [-0.2, -0.15) is 10.1 Å². The van der Waals surface area contributed by atoms with Gasteiger partial charge in [0.1, 0.15) is 0 Å². The zero-order valence-corrected chi connectivity index (χ0v) is 22.6. The van der Waals surface area contributed by atoms with Crippen molar-refractivity contribution in [1.82, 2.24) is 9.97 Å². The number of amides is 1. The molecule has 2 aromatic heterocycles. The average molecular weight is 583 g/mol. The number of anilines is 1. The van der Waals surface area contributed by atoms with E-state index in [4.69, 9.17) is 14.2 Å². The standard InChI is InChI=1S/C25H19BrN4O4S2/c1-32-19-8-14(9-20(33-2)23(19)34-3)12-28-30(25-29-18-7-5-16(26)11-22(18)36-25)24(31)15-4-6-17-21(10-15)35-13-27-17/h4-13H,1-3H3/b28-12+. The summed E-state index contributed by atoms with van der Waals surface area (Å²) in [5.74, 6) is 1.13. The van der Waals surface area contributed by atoms with Gasteiger partial charge >= 0.3 is 0 Å². The van der Waals surface area contributed by atoms with E-state index in [0.29, 0.717) is 33.5 Å². The molecule has 182 valence electrons. The Morgan fingerprint density at radius 2 is 1.72 bits per heavy atom. The molecular formula is C25H19BrN4O4S2. The molecule has 0 radical (unpaired) electrons. The molecular weight excluding hydrogens is 564 g/mol. The fourth-order valence-corrected chi connectivity index (χ4v) is 5.77. The van der Waals surface area contributed by atoms with Crippen LogP contribution in [0.15, 0.2) is 63.6 Å². The minimum absolute atomic E-state index is 0.313. The van der Waals surface area contributed by atoms with Crippen molar-refractivity contribution in [3.63, 3.8) is 0 Å². The van der Waals surface area contributed by atoms with Crippen LogP contribution in [0.1, 0.15) is 15.9 Å². The third kappa shape index (κ3) is 4.64.